The predicted molar refractivity (Wildman–Crippen MR) is 79.0 cm³/mol. The van der Waals surface area contributed by atoms with Crippen molar-refractivity contribution >= 4 is 21.9 Å². The Hall–Kier alpha value is -1.31. The maximum absolute atomic E-state index is 12.0. The molecule has 0 radical (unpaired) electrons. The monoisotopic (exact) mass is 323 g/mol. The highest BCUT2D eigenvalue weighted by molar-refractivity contribution is 7.92. The number of ether oxygens (including phenoxy) is 1. The lowest BCUT2D eigenvalue weighted by Crippen LogP contribution is -2.45. The quantitative estimate of drug-likeness (QED) is 0.794. The molecule has 0 aliphatic heterocycles. The summed E-state index contributed by atoms with van der Waals surface area (Å²) in [5.74, 6) is -1.63. The van der Waals surface area contributed by atoms with Crippen molar-refractivity contribution in [2.75, 3.05) is 5.75 Å². The molecule has 1 atom stereocenters. The van der Waals surface area contributed by atoms with Gasteiger partial charge in [-0.15, -0.1) is 0 Å². The first-order chi connectivity index (χ1) is 9.16. The van der Waals surface area contributed by atoms with Gasteiger partial charge in [0.05, 0.1) is 10.5 Å². The summed E-state index contributed by atoms with van der Waals surface area (Å²) in [5.41, 5.74) is -0.759. The molecule has 1 unspecified atom stereocenters. The van der Waals surface area contributed by atoms with Gasteiger partial charge in [0.15, 0.2) is 9.84 Å². The fourth-order valence-corrected chi connectivity index (χ4v) is 2.44. The highest BCUT2D eigenvalue weighted by Crippen LogP contribution is 2.17. The van der Waals surface area contributed by atoms with Crippen LogP contribution in [0.3, 0.4) is 0 Å². The number of carboxylic acids is 1. The van der Waals surface area contributed by atoms with E-state index in [-0.39, 0.29) is 12.2 Å². The third-order valence-corrected chi connectivity index (χ3v) is 5.24. The van der Waals surface area contributed by atoms with Gasteiger partial charge in [0.2, 0.25) is 0 Å². The van der Waals surface area contributed by atoms with Gasteiger partial charge in [-0.2, -0.15) is 0 Å². The molecule has 0 bridgehead atoms. The number of amides is 1. The van der Waals surface area contributed by atoms with E-state index in [0.29, 0.717) is 0 Å². The molecule has 1 amide bonds. The van der Waals surface area contributed by atoms with E-state index in [9.17, 15) is 18.0 Å². The van der Waals surface area contributed by atoms with Crippen LogP contribution in [-0.4, -0.2) is 47.7 Å². The van der Waals surface area contributed by atoms with Gasteiger partial charge in [-0.1, -0.05) is 0 Å². The van der Waals surface area contributed by atoms with E-state index in [1.54, 1.807) is 41.5 Å². The highest BCUT2D eigenvalue weighted by Gasteiger charge is 2.31. The van der Waals surface area contributed by atoms with Crippen molar-refractivity contribution in [2.24, 2.45) is 0 Å². The Bertz CT molecular complexity index is 484. The summed E-state index contributed by atoms with van der Waals surface area (Å²) in [4.78, 5) is 22.7. The summed E-state index contributed by atoms with van der Waals surface area (Å²) in [7, 11) is -3.45. The minimum absolute atomic E-state index is 0.214. The van der Waals surface area contributed by atoms with Crippen molar-refractivity contribution in [3.63, 3.8) is 0 Å². The van der Waals surface area contributed by atoms with Gasteiger partial charge >= 0.3 is 12.1 Å². The van der Waals surface area contributed by atoms with Crippen LogP contribution >= 0.6 is 0 Å². The Kier molecular flexibility index (Phi) is 6.22. The minimum atomic E-state index is -3.45. The molecule has 0 aromatic carbocycles. The van der Waals surface area contributed by atoms with Crippen LogP contribution in [-0.2, 0) is 19.4 Å². The fraction of sp³-hybridized carbons (Fsp3) is 0.846. The number of alkyl carbamates (subject to hydrolysis) is 1. The van der Waals surface area contributed by atoms with Crippen LogP contribution in [0.5, 0.6) is 0 Å². The van der Waals surface area contributed by atoms with Crippen LogP contribution in [0.1, 0.15) is 48.0 Å². The number of hydrogen-bond donors (Lipinski definition) is 2. The predicted octanol–water partition coefficient (Wildman–Crippen LogP) is 1.57. The van der Waals surface area contributed by atoms with E-state index in [0.717, 1.165) is 0 Å². The molecular weight excluding hydrogens is 298 g/mol. The average Bonchev–Trinajstić information content (AvgIpc) is 2.19. The lowest BCUT2D eigenvalue weighted by atomic mass is 10.2. The van der Waals surface area contributed by atoms with Gasteiger partial charge in [0.25, 0.3) is 0 Å². The summed E-state index contributed by atoms with van der Waals surface area (Å²) in [6.07, 6.45) is -1.10. The van der Waals surface area contributed by atoms with Gasteiger partial charge < -0.3 is 15.2 Å². The summed E-state index contributed by atoms with van der Waals surface area (Å²) in [6.45, 7) is 9.56. The molecule has 21 heavy (non-hydrogen) atoms. The molecule has 2 N–H and O–H groups in total. The molecule has 7 nitrogen and oxygen atoms in total. The lowest BCUT2D eigenvalue weighted by molar-refractivity contribution is -0.139. The highest BCUT2D eigenvalue weighted by atomic mass is 32.2. The molecule has 0 rings (SSSR count). The topological polar surface area (TPSA) is 110 Å². The molecule has 0 heterocycles. The van der Waals surface area contributed by atoms with Crippen LogP contribution in [0, 0.1) is 0 Å². The van der Waals surface area contributed by atoms with Crippen molar-refractivity contribution in [1.82, 2.24) is 5.32 Å². The summed E-state index contributed by atoms with van der Waals surface area (Å²) < 4.78 is 27.9. The molecule has 0 aliphatic rings. The first-order valence-corrected chi connectivity index (χ1v) is 8.25. The van der Waals surface area contributed by atoms with Crippen LogP contribution < -0.4 is 5.32 Å². The third-order valence-electron chi connectivity index (χ3n) is 2.60. The smallest absolute Gasteiger partial charge is 0.408 e. The Morgan fingerprint density at radius 1 is 1.14 bits per heavy atom. The zero-order valence-electron chi connectivity index (χ0n) is 13.4. The SMILES string of the molecule is CC(C)(C)OC(=O)NC(CCS(=O)(=O)C(C)(C)C)C(=O)O. The number of rotatable bonds is 5. The Balaban J connectivity index is 4.75. The van der Waals surface area contributed by atoms with Crippen LogP contribution in [0.4, 0.5) is 4.79 Å². The van der Waals surface area contributed by atoms with E-state index in [2.05, 4.69) is 5.32 Å². The average molecular weight is 323 g/mol. The van der Waals surface area contributed by atoms with Crippen molar-refractivity contribution in [3.05, 3.63) is 0 Å². The first-order valence-electron chi connectivity index (χ1n) is 6.60. The van der Waals surface area contributed by atoms with Gasteiger partial charge in [-0.25, -0.2) is 18.0 Å². The molecule has 0 aromatic heterocycles. The number of nitrogens with one attached hydrogen (secondary N) is 1. The second-order valence-electron chi connectivity index (χ2n) is 6.76. The fourth-order valence-electron chi connectivity index (χ4n) is 1.29. The van der Waals surface area contributed by atoms with Gasteiger partial charge in [-0.3, -0.25) is 0 Å². The second-order valence-corrected chi connectivity index (χ2v) is 9.62. The van der Waals surface area contributed by atoms with E-state index in [4.69, 9.17) is 9.84 Å². The van der Waals surface area contributed by atoms with Crippen molar-refractivity contribution in [3.8, 4) is 0 Å². The number of hydrogen-bond acceptors (Lipinski definition) is 5. The normalized spacial score (nSPS) is 14.4. The zero-order chi connectivity index (χ0) is 17.1. The maximum atomic E-state index is 12.0. The van der Waals surface area contributed by atoms with Gasteiger partial charge in [0, 0.05) is 0 Å². The number of sulfone groups is 1. The Labute approximate surface area is 126 Å². The molecule has 124 valence electrons. The number of aliphatic carboxylic acids is 1. The minimum Gasteiger partial charge on any atom is -0.480 e. The summed E-state index contributed by atoms with van der Waals surface area (Å²) >= 11 is 0. The lowest BCUT2D eigenvalue weighted by Gasteiger charge is -2.23. The first kappa shape index (κ1) is 19.7. The molecule has 0 aliphatic carbocycles. The molecule has 0 saturated carbocycles. The number of carbonyl (C=O) groups excluding carboxylic acids is 1. The molecule has 0 fully saturated rings. The molecular formula is C13H25NO6S. The van der Waals surface area contributed by atoms with Crippen molar-refractivity contribution in [2.45, 2.75) is 64.4 Å². The number of carboxylic acid groups (broad SMARTS) is 1. The van der Waals surface area contributed by atoms with Gasteiger partial charge in [-0.05, 0) is 48.0 Å². The summed E-state index contributed by atoms with van der Waals surface area (Å²) in [6, 6.07) is -1.31. The van der Waals surface area contributed by atoms with Crippen molar-refractivity contribution < 1.29 is 27.9 Å². The second kappa shape index (κ2) is 6.64. The Morgan fingerprint density at radius 3 is 1.95 bits per heavy atom. The third kappa shape index (κ3) is 7.31. The van der Waals surface area contributed by atoms with E-state index < -0.39 is 38.3 Å². The molecule has 0 aromatic rings. The largest absolute Gasteiger partial charge is 0.480 e. The summed E-state index contributed by atoms with van der Waals surface area (Å²) in [5, 5.41) is 11.2. The zero-order valence-corrected chi connectivity index (χ0v) is 14.2. The van der Waals surface area contributed by atoms with Crippen LogP contribution in [0.2, 0.25) is 0 Å². The standard InChI is InChI=1S/C13H25NO6S/c1-12(2,3)20-11(17)14-9(10(15)16)7-8-21(18,19)13(4,5)6/h9H,7-8H2,1-6H3,(H,14,17)(H,15,16). The number of carbonyl (C=O) groups is 2. The van der Waals surface area contributed by atoms with Crippen LogP contribution in [0.25, 0.3) is 0 Å². The Morgan fingerprint density at radius 2 is 1.62 bits per heavy atom. The molecule has 0 spiro atoms. The maximum Gasteiger partial charge on any atom is 0.408 e. The molecule has 0 saturated heterocycles. The van der Waals surface area contributed by atoms with Crippen LogP contribution in [0.15, 0.2) is 0 Å². The van der Waals surface area contributed by atoms with E-state index in [1.807, 2.05) is 0 Å². The van der Waals surface area contributed by atoms with E-state index >= 15 is 0 Å². The molecule has 8 heteroatoms. The van der Waals surface area contributed by atoms with Crippen molar-refractivity contribution in [1.29, 1.82) is 0 Å². The van der Waals surface area contributed by atoms with E-state index in [1.165, 1.54) is 0 Å². The van der Waals surface area contributed by atoms with Gasteiger partial charge in [0.1, 0.15) is 11.6 Å².